The topological polar surface area (TPSA) is 62.5 Å². The minimum Gasteiger partial charge on any atom is -0.255 e. The number of aryl methyl sites for hydroxylation is 2. The van der Waals surface area contributed by atoms with Crippen LogP contribution in [0.2, 0.25) is 0 Å². The van der Waals surface area contributed by atoms with Crippen molar-refractivity contribution in [3.05, 3.63) is 42.0 Å². The second kappa shape index (κ2) is 5.17. The molecule has 0 unspecified atom stereocenters. The number of pyridine rings is 1. The molecule has 4 heteroatoms. The van der Waals surface area contributed by atoms with Gasteiger partial charge in [0.2, 0.25) is 0 Å². The molecular weight excluding hydrogens is 212 g/mol. The van der Waals surface area contributed by atoms with Crippen LogP contribution in [0.3, 0.4) is 0 Å². The van der Waals surface area contributed by atoms with E-state index in [0.717, 1.165) is 17.1 Å². The fourth-order valence-electron chi connectivity index (χ4n) is 1.56. The van der Waals surface area contributed by atoms with Gasteiger partial charge in [-0.15, -0.1) is 0 Å². The minimum atomic E-state index is 0.436. The van der Waals surface area contributed by atoms with Gasteiger partial charge in [-0.25, -0.2) is 9.97 Å². The predicted molar refractivity (Wildman–Crippen MR) is 63.9 cm³/mol. The Morgan fingerprint density at radius 1 is 1.24 bits per heavy atom. The summed E-state index contributed by atoms with van der Waals surface area (Å²) in [6.07, 6.45) is 2.75. The fraction of sp³-hybridized carbons (Fsp3) is 0.231. The third kappa shape index (κ3) is 2.85. The van der Waals surface area contributed by atoms with Crippen molar-refractivity contribution in [2.75, 3.05) is 0 Å². The van der Waals surface area contributed by atoms with E-state index in [1.807, 2.05) is 31.2 Å². The molecule has 0 aromatic carbocycles. The van der Waals surface area contributed by atoms with Crippen molar-refractivity contribution in [1.29, 1.82) is 5.26 Å². The smallest absolute Gasteiger partial charge is 0.130 e. The van der Waals surface area contributed by atoms with Crippen molar-refractivity contribution in [2.24, 2.45) is 0 Å². The molecular formula is C13H12N4. The van der Waals surface area contributed by atoms with Crippen molar-refractivity contribution in [2.45, 2.75) is 19.8 Å². The van der Waals surface area contributed by atoms with Gasteiger partial charge in [-0.3, -0.25) is 4.98 Å². The monoisotopic (exact) mass is 224 g/mol. The largest absolute Gasteiger partial charge is 0.255 e. The highest BCUT2D eigenvalue weighted by Crippen LogP contribution is 2.14. The van der Waals surface area contributed by atoms with Crippen LogP contribution in [-0.2, 0) is 6.42 Å². The lowest BCUT2D eigenvalue weighted by molar-refractivity contribution is 0.871. The van der Waals surface area contributed by atoms with E-state index in [4.69, 9.17) is 5.26 Å². The van der Waals surface area contributed by atoms with Gasteiger partial charge >= 0.3 is 0 Å². The summed E-state index contributed by atoms with van der Waals surface area (Å²) in [6, 6.07) is 9.71. The van der Waals surface area contributed by atoms with Crippen LogP contribution in [-0.4, -0.2) is 15.0 Å². The molecule has 0 atom stereocenters. The van der Waals surface area contributed by atoms with Gasteiger partial charge in [0, 0.05) is 24.7 Å². The summed E-state index contributed by atoms with van der Waals surface area (Å²) < 4.78 is 0. The molecule has 0 saturated heterocycles. The molecule has 2 rings (SSSR count). The summed E-state index contributed by atoms with van der Waals surface area (Å²) >= 11 is 0. The maximum atomic E-state index is 8.57. The van der Waals surface area contributed by atoms with Crippen LogP contribution in [0.4, 0.5) is 0 Å². The maximum absolute atomic E-state index is 8.57. The van der Waals surface area contributed by atoms with Crippen LogP contribution in [0.15, 0.2) is 30.5 Å². The van der Waals surface area contributed by atoms with Gasteiger partial charge in [-0.1, -0.05) is 6.07 Å². The van der Waals surface area contributed by atoms with Gasteiger partial charge < -0.3 is 0 Å². The van der Waals surface area contributed by atoms with E-state index in [9.17, 15) is 0 Å². The second-order valence-electron chi connectivity index (χ2n) is 3.68. The first-order chi connectivity index (χ1) is 8.29. The van der Waals surface area contributed by atoms with Crippen LogP contribution >= 0.6 is 0 Å². The third-order valence-electron chi connectivity index (χ3n) is 2.29. The maximum Gasteiger partial charge on any atom is 0.130 e. The van der Waals surface area contributed by atoms with E-state index in [1.54, 1.807) is 6.20 Å². The highest BCUT2D eigenvalue weighted by atomic mass is 14.9. The first kappa shape index (κ1) is 11.2. The van der Waals surface area contributed by atoms with Gasteiger partial charge in [0.05, 0.1) is 17.5 Å². The lowest BCUT2D eigenvalue weighted by atomic mass is 10.2. The number of nitrogens with zero attached hydrogens (tertiary/aromatic N) is 4. The molecule has 0 amide bonds. The van der Waals surface area contributed by atoms with E-state index in [1.165, 1.54) is 0 Å². The average Bonchev–Trinajstić information content (AvgIpc) is 2.37. The van der Waals surface area contributed by atoms with Gasteiger partial charge in [0.15, 0.2) is 0 Å². The van der Waals surface area contributed by atoms with E-state index < -0.39 is 0 Å². The Labute approximate surface area is 100.0 Å². The number of nitriles is 1. The highest BCUT2D eigenvalue weighted by molar-refractivity contribution is 5.53. The Hall–Kier alpha value is -2.28. The zero-order valence-electron chi connectivity index (χ0n) is 9.59. The first-order valence-corrected chi connectivity index (χ1v) is 5.42. The van der Waals surface area contributed by atoms with Crippen LogP contribution in [0, 0.1) is 18.3 Å². The molecule has 0 aliphatic carbocycles. The fourth-order valence-corrected chi connectivity index (χ4v) is 1.56. The Bertz CT molecular complexity index is 543. The van der Waals surface area contributed by atoms with Crippen molar-refractivity contribution in [3.8, 4) is 17.5 Å². The van der Waals surface area contributed by atoms with E-state index in [-0.39, 0.29) is 0 Å². The standard InChI is InChI=1S/C13H12N4/c1-10-9-12(11-5-2-3-8-15-11)17-13(16-10)6-4-7-14/h2-3,5,8-9H,4,6H2,1H3. The quantitative estimate of drug-likeness (QED) is 0.802. The summed E-state index contributed by atoms with van der Waals surface area (Å²) in [5.41, 5.74) is 2.54. The molecule has 17 heavy (non-hydrogen) atoms. The first-order valence-electron chi connectivity index (χ1n) is 5.42. The molecule has 0 fully saturated rings. The van der Waals surface area contributed by atoms with Crippen molar-refractivity contribution >= 4 is 0 Å². The van der Waals surface area contributed by atoms with Gasteiger partial charge in [0.25, 0.3) is 0 Å². The predicted octanol–water partition coefficient (Wildman–Crippen LogP) is 2.30. The lowest BCUT2D eigenvalue weighted by Crippen LogP contribution is -1.99. The molecule has 0 aliphatic rings. The molecule has 0 saturated carbocycles. The highest BCUT2D eigenvalue weighted by Gasteiger charge is 2.05. The lowest BCUT2D eigenvalue weighted by Gasteiger charge is -2.04. The second-order valence-corrected chi connectivity index (χ2v) is 3.68. The van der Waals surface area contributed by atoms with E-state index >= 15 is 0 Å². The Morgan fingerprint density at radius 2 is 2.12 bits per heavy atom. The summed E-state index contributed by atoms with van der Waals surface area (Å²) in [6.45, 7) is 1.92. The molecule has 2 aromatic heterocycles. The van der Waals surface area contributed by atoms with Crippen molar-refractivity contribution in [3.63, 3.8) is 0 Å². The van der Waals surface area contributed by atoms with Crippen LogP contribution < -0.4 is 0 Å². The van der Waals surface area contributed by atoms with Crippen molar-refractivity contribution < 1.29 is 0 Å². The van der Waals surface area contributed by atoms with Crippen molar-refractivity contribution in [1.82, 2.24) is 15.0 Å². The van der Waals surface area contributed by atoms with E-state index in [0.29, 0.717) is 18.7 Å². The number of hydrogen-bond donors (Lipinski definition) is 0. The molecule has 84 valence electrons. The molecule has 2 heterocycles. The van der Waals surface area contributed by atoms with Crippen LogP contribution in [0.1, 0.15) is 17.9 Å². The SMILES string of the molecule is Cc1cc(-c2ccccn2)nc(CCC#N)n1. The molecule has 0 radical (unpaired) electrons. The summed E-state index contributed by atoms with van der Waals surface area (Å²) in [7, 11) is 0. The summed E-state index contributed by atoms with van der Waals surface area (Å²) in [5, 5.41) is 8.57. The number of hydrogen-bond acceptors (Lipinski definition) is 4. The van der Waals surface area contributed by atoms with Gasteiger partial charge in [0.1, 0.15) is 5.82 Å². The Morgan fingerprint density at radius 3 is 2.82 bits per heavy atom. The Kier molecular flexibility index (Phi) is 3.41. The number of aromatic nitrogens is 3. The van der Waals surface area contributed by atoms with Gasteiger partial charge in [-0.2, -0.15) is 5.26 Å². The molecule has 4 nitrogen and oxygen atoms in total. The van der Waals surface area contributed by atoms with Crippen LogP contribution in [0.5, 0.6) is 0 Å². The van der Waals surface area contributed by atoms with Gasteiger partial charge in [-0.05, 0) is 25.1 Å². The summed E-state index contributed by atoms with van der Waals surface area (Å²) in [4.78, 5) is 13.0. The summed E-state index contributed by atoms with van der Waals surface area (Å²) in [5.74, 6) is 0.701. The molecule has 0 N–H and O–H groups in total. The molecule has 2 aromatic rings. The molecule has 0 bridgehead atoms. The average molecular weight is 224 g/mol. The third-order valence-corrected chi connectivity index (χ3v) is 2.29. The Balaban J connectivity index is 2.36. The number of rotatable bonds is 3. The normalized spacial score (nSPS) is 9.88. The molecule has 0 aliphatic heterocycles. The minimum absolute atomic E-state index is 0.436. The van der Waals surface area contributed by atoms with E-state index in [2.05, 4.69) is 21.0 Å². The van der Waals surface area contributed by atoms with Crippen LogP contribution in [0.25, 0.3) is 11.4 Å². The molecule has 0 spiro atoms. The zero-order chi connectivity index (χ0) is 12.1. The zero-order valence-corrected chi connectivity index (χ0v) is 9.59.